The number of nitrogens with one attached hydrogen (secondary N) is 1. The average molecular weight is 431 g/mol. The van der Waals surface area contributed by atoms with Crippen LogP contribution in [0.25, 0.3) is 0 Å². The zero-order valence-corrected chi connectivity index (χ0v) is 15.4. The zero-order chi connectivity index (χ0) is 15.8. The minimum absolute atomic E-state index is 0.0790. The summed E-state index contributed by atoms with van der Waals surface area (Å²) in [5.41, 5.74) is 1.71. The molecule has 0 saturated carbocycles. The molecular formula is C12H10BrCl2NO3S2. The molecule has 0 radical (unpaired) electrons. The van der Waals surface area contributed by atoms with Crippen LogP contribution in [0.1, 0.15) is 11.1 Å². The summed E-state index contributed by atoms with van der Waals surface area (Å²) in [7, 11) is -3.89. The first-order chi connectivity index (χ1) is 9.76. The largest absolute Gasteiger partial charge is 0.392 e. The van der Waals surface area contributed by atoms with Crippen molar-refractivity contribution in [1.29, 1.82) is 0 Å². The fourth-order valence-electron chi connectivity index (χ4n) is 1.64. The van der Waals surface area contributed by atoms with Crippen molar-refractivity contribution >= 4 is 66.2 Å². The van der Waals surface area contributed by atoms with E-state index in [1.54, 1.807) is 25.1 Å². The van der Waals surface area contributed by atoms with Crippen LogP contribution in [0.4, 0.5) is 5.69 Å². The van der Waals surface area contributed by atoms with Gasteiger partial charge in [0.1, 0.15) is 13.6 Å². The standard InChI is InChI=1S/C12H10BrCl2NO3S2/c1-6-2-3-7(5-17)4-8(6)16-21(18,19)10-9(13)11(14)20-12(10)15/h2-4,16-17H,5H2,1H3. The van der Waals surface area contributed by atoms with Gasteiger partial charge < -0.3 is 5.11 Å². The number of aliphatic hydroxyl groups excluding tert-OH is 1. The Labute approximate surface area is 144 Å². The van der Waals surface area contributed by atoms with Gasteiger partial charge in [0.2, 0.25) is 0 Å². The third-order valence-electron chi connectivity index (χ3n) is 2.73. The second kappa shape index (κ2) is 6.44. The van der Waals surface area contributed by atoms with Crippen LogP contribution in [0.5, 0.6) is 0 Å². The lowest BCUT2D eigenvalue weighted by Crippen LogP contribution is -2.14. The highest BCUT2D eigenvalue weighted by molar-refractivity contribution is 9.10. The first-order valence-electron chi connectivity index (χ1n) is 5.62. The van der Waals surface area contributed by atoms with Crippen molar-refractivity contribution in [3.05, 3.63) is 42.5 Å². The quantitative estimate of drug-likeness (QED) is 0.754. The van der Waals surface area contributed by atoms with Gasteiger partial charge in [0, 0.05) is 0 Å². The molecule has 21 heavy (non-hydrogen) atoms. The number of aryl methyl sites for hydroxylation is 1. The molecule has 0 amide bonds. The van der Waals surface area contributed by atoms with Crippen molar-refractivity contribution < 1.29 is 13.5 Å². The highest BCUT2D eigenvalue weighted by atomic mass is 79.9. The number of aliphatic hydroxyl groups is 1. The number of hydrogen-bond donors (Lipinski definition) is 2. The van der Waals surface area contributed by atoms with E-state index < -0.39 is 10.0 Å². The van der Waals surface area contributed by atoms with Gasteiger partial charge >= 0.3 is 0 Å². The van der Waals surface area contributed by atoms with Crippen molar-refractivity contribution in [2.24, 2.45) is 0 Å². The Morgan fingerprint density at radius 3 is 2.52 bits per heavy atom. The molecule has 114 valence electrons. The van der Waals surface area contributed by atoms with Crippen LogP contribution < -0.4 is 4.72 Å². The fraction of sp³-hybridized carbons (Fsp3) is 0.167. The molecular weight excluding hydrogens is 421 g/mol. The van der Waals surface area contributed by atoms with Crippen molar-refractivity contribution in [2.75, 3.05) is 4.72 Å². The molecule has 0 saturated heterocycles. The van der Waals surface area contributed by atoms with Crippen LogP contribution in [-0.2, 0) is 16.6 Å². The van der Waals surface area contributed by atoms with Crippen molar-refractivity contribution in [2.45, 2.75) is 18.4 Å². The van der Waals surface area contributed by atoms with Crippen LogP contribution >= 0.6 is 50.5 Å². The molecule has 0 bridgehead atoms. The van der Waals surface area contributed by atoms with E-state index in [9.17, 15) is 8.42 Å². The Bertz CT molecular complexity index is 790. The summed E-state index contributed by atoms with van der Waals surface area (Å²) in [6.45, 7) is 1.58. The molecule has 0 aliphatic heterocycles. The summed E-state index contributed by atoms with van der Waals surface area (Å²) >= 11 is 15.9. The molecule has 1 heterocycles. The highest BCUT2D eigenvalue weighted by Crippen LogP contribution is 2.43. The fourth-order valence-corrected chi connectivity index (χ4v) is 6.32. The molecule has 2 aromatic rings. The first-order valence-corrected chi connectivity index (χ1v) is 9.47. The summed E-state index contributed by atoms with van der Waals surface area (Å²) in [6.07, 6.45) is 0. The Morgan fingerprint density at radius 1 is 1.33 bits per heavy atom. The molecule has 2 N–H and O–H groups in total. The Hall–Kier alpha value is -0.310. The normalized spacial score (nSPS) is 11.7. The van der Waals surface area contributed by atoms with E-state index >= 15 is 0 Å². The number of rotatable bonds is 4. The minimum atomic E-state index is -3.89. The van der Waals surface area contributed by atoms with Crippen LogP contribution in [0.2, 0.25) is 8.67 Å². The molecule has 0 aliphatic carbocycles. The monoisotopic (exact) mass is 429 g/mol. The molecule has 2 rings (SSSR count). The molecule has 0 fully saturated rings. The Kier molecular flexibility index (Phi) is 5.23. The number of halogens is 3. The predicted octanol–water partition coefficient (Wildman–Crippen LogP) is 4.42. The van der Waals surface area contributed by atoms with E-state index in [4.69, 9.17) is 28.3 Å². The van der Waals surface area contributed by atoms with E-state index in [-0.39, 0.29) is 24.6 Å². The maximum absolute atomic E-state index is 12.5. The van der Waals surface area contributed by atoms with Crippen molar-refractivity contribution in [3.63, 3.8) is 0 Å². The molecule has 1 aromatic carbocycles. The molecule has 0 aliphatic rings. The first kappa shape index (κ1) is 17.1. The molecule has 0 spiro atoms. The van der Waals surface area contributed by atoms with Gasteiger partial charge in [-0.15, -0.1) is 11.3 Å². The number of benzene rings is 1. The number of sulfonamides is 1. The Balaban J connectivity index is 2.47. The Morgan fingerprint density at radius 2 is 2.00 bits per heavy atom. The van der Waals surface area contributed by atoms with E-state index in [1.807, 2.05) is 0 Å². The SMILES string of the molecule is Cc1ccc(CO)cc1NS(=O)(=O)c1c(Cl)sc(Cl)c1Br. The zero-order valence-electron chi connectivity index (χ0n) is 10.7. The number of thiophene rings is 1. The average Bonchev–Trinajstić information content (AvgIpc) is 2.66. The van der Waals surface area contributed by atoms with Gasteiger partial charge in [-0.05, 0) is 40.0 Å². The lowest BCUT2D eigenvalue weighted by molar-refractivity contribution is 0.282. The summed E-state index contributed by atoms with van der Waals surface area (Å²) in [5.74, 6) is 0. The maximum Gasteiger partial charge on any atom is 0.265 e. The number of hydrogen-bond acceptors (Lipinski definition) is 4. The lowest BCUT2D eigenvalue weighted by Gasteiger charge is -2.11. The summed E-state index contributed by atoms with van der Waals surface area (Å²) in [4.78, 5) is -0.0898. The van der Waals surface area contributed by atoms with Crippen molar-refractivity contribution in [1.82, 2.24) is 0 Å². The third kappa shape index (κ3) is 3.55. The van der Waals surface area contributed by atoms with Gasteiger partial charge in [0.05, 0.1) is 16.8 Å². The smallest absolute Gasteiger partial charge is 0.265 e. The number of anilines is 1. The summed E-state index contributed by atoms with van der Waals surface area (Å²) in [6, 6.07) is 5.01. The van der Waals surface area contributed by atoms with Crippen LogP contribution in [0, 0.1) is 6.92 Å². The highest BCUT2D eigenvalue weighted by Gasteiger charge is 2.26. The minimum Gasteiger partial charge on any atom is -0.392 e. The van der Waals surface area contributed by atoms with E-state index in [0.29, 0.717) is 11.3 Å². The molecule has 0 unspecified atom stereocenters. The van der Waals surface area contributed by atoms with Crippen LogP contribution in [0.15, 0.2) is 27.6 Å². The van der Waals surface area contributed by atoms with E-state index in [1.165, 1.54) is 0 Å². The van der Waals surface area contributed by atoms with Gasteiger partial charge in [-0.3, -0.25) is 4.72 Å². The maximum atomic E-state index is 12.5. The third-order valence-corrected chi connectivity index (χ3v) is 7.56. The molecule has 0 atom stereocenters. The van der Waals surface area contributed by atoms with Crippen LogP contribution in [-0.4, -0.2) is 13.5 Å². The molecule has 1 aromatic heterocycles. The van der Waals surface area contributed by atoms with E-state index in [0.717, 1.165) is 16.9 Å². The second-order valence-electron chi connectivity index (χ2n) is 4.21. The summed E-state index contributed by atoms with van der Waals surface area (Å²) in [5, 5.41) is 9.14. The molecule has 9 heteroatoms. The van der Waals surface area contributed by atoms with Crippen LogP contribution in [0.3, 0.4) is 0 Å². The van der Waals surface area contributed by atoms with Gasteiger partial charge in [-0.25, -0.2) is 8.42 Å². The van der Waals surface area contributed by atoms with Crippen molar-refractivity contribution in [3.8, 4) is 0 Å². The predicted molar refractivity (Wildman–Crippen MR) is 89.9 cm³/mol. The van der Waals surface area contributed by atoms with E-state index in [2.05, 4.69) is 20.7 Å². The van der Waals surface area contributed by atoms with Gasteiger partial charge in [-0.2, -0.15) is 0 Å². The lowest BCUT2D eigenvalue weighted by atomic mass is 10.1. The van der Waals surface area contributed by atoms with Gasteiger partial charge in [-0.1, -0.05) is 35.3 Å². The van der Waals surface area contributed by atoms with Gasteiger partial charge in [0.15, 0.2) is 0 Å². The summed E-state index contributed by atoms with van der Waals surface area (Å²) < 4.78 is 28.0. The second-order valence-corrected chi connectivity index (χ2v) is 8.84. The van der Waals surface area contributed by atoms with Gasteiger partial charge in [0.25, 0.3) is 10.0 Å². The topological polar surface area (TPSA) is 66.4 Å². The molecule has 4 nitrogen and oxygen atoms in total.